The number of fused-ring (bicyclic) bond motifs is 4. The van der Waals surface area contributed by atoms with E-state index in [0.717, 1.165) is 35.8 Å². The minimum atomic E-state index is -2.14. The monoisotopic (exact) mass is 767 g/mol. The molecule has 9 nitrogen and oxygen atoms in total. The Morgan fingerprint density at radius 1 is 0.816 bits per heavy atom. The molecule has 4 amide bonds. The summed E-state index contributed by atoms with van der Waals surface area (Å²) in [6.45, 7) is 2.70. The van der Waals surface area contributed by atoms with Gasteiger partial charge in [0.2, 0.25) is 11.8 Å². The van der Waals surface area contributed by atoms with Gasteiger partial charge in [-0.15, -0.1) is 23.2 Å². The van der Waals surface area contributed by atoms with E-state index in [0.29, 0.717) is 28.9 Å². The summed E-state index contributed by atoms with van der Waals surface area (Å²) < 4.78 is 19.9. The van der Waals surface area contributed by atoms with Gasteiger partial charge in [-0.05, 0) is 85.5 Å². The maximum absolute atomic E-state index is 14.5. The molecule has 4 fully saturated rings. The van der Waals surface area contributed by atoms with Crippen molar-refractivity contribution in [2.24, 2.45) is 17.8 Å². The van der Waals surface area contributed by atoms with Crippen LogP contribution < -0.4 is 14.7 Å². The molecule has 0 bridgehead atoms. The van der Waals surface area contributed by atoms with Crippen LogP contribution in [0, 0.1) is 23.6 Å². The fraction of sp³-hybridized carbons (Fsp3) is 0.333. The summed E-state index contributed by atoms with van der Waals surface area (Å²) in [5.74, 6) is -6.77. The quantitative estimate of drug-likeness (QED) is 0.200. The van der Waals surface area contributed by atoms with Crippen LogP contribution >= 0.6 is 39.1 Å². The van der Waals surface area contributed by atoms with E-state index in [9.17, 15) is 28.7 Å². The van der Waals surface area contributed by atoms with Crippen molar-refractivity contribution in [3.8, 4) is 5.75 Å². The highest BCUT2D eigenvalue weighted by molar-refractivity contribution is 9.10. The number of rotatable bonds is 4. The number of morpholine rings is 1. The lowest BCUT2D eigenvalue weighted by atomic mass is 9.56. The van der Waals surface area contributed by atoms with E-state index in [1.165, 1.54) is 23.1 Å². The number of imide groups is 2. The van der Waals surface area contributed by atoms with Gasteiger partial charge in [-0.1, -0.05) is 27.6 Å². The number of ether oxygens (including phenoxy) is 1. The van der Waals surface area contributed by atoms with Gasteiger partial charge in [0.05, 0.1) is 36.4 Å². The molecule has 0 spiro atoms. The Balaban J connectivity index is 1.22. The lowest BCUT2D eigenvalue weighted by molar-refractivity contribution is -0.125. The van der Waals surface area contributed by atoms with Crippen LogP contribution in [0.1, 0.15) is 24.3 Å². The molecular formula is C36H29BrCl2FN3O6. The largest absolute Gasteiger partial charge is 0.508 e. The fourth-order valence-corrected chi connectivity index (χ4v) is 9.69. The maximum Gasteiger partial charge on any atom is 0.258 e. The number of aromatic hydroxyl groups is 1. The van der Waals surface area contributed by atoms with Gasteiger partial charge < -0.3 is 14.7 Å². The maximum atomic E-state index is 14.5. The van der Waals surface area contributed by atoms with Crippen LogP contribution in [-0.4, -0.2) is 64.8 Å². The highest BCUT2D eigenvalue weighted by Crippen LogP contribution is 2.66. The molecule has 0 radical (unpaired) electrons. The number of alkyl halides is 2. The first-order valence-corrected chi connectivity index (χ1v) is 17.5. The summed E-state index contributed by atoms with van der Waals surface area (Å²) in [5, 5.41) is 11.2. The van der Waals surface area contributed by atoms with E-state index >= 15 is 0 Å². The molecule has 3 aromatic carbocycles. The van der Waals surface area contributed by atoms with Crippen molar-refractivity contribution in [1.29, 1.82) is 0 Å². The lowest BCUT2D eigenvalue weighted by Crippen LogP contribution is -2.60. The normalized spacial score (nSPS) is 31.1. The van der Waals surface area contributed by atoms with Gasteiger partial charge in [-0.25, -0.2) is 9.29 Å². The SMILES string of the molecule is O=C1C2CC=C3C(CC4(Cl)C(=O)N(c5ccc(F)cc5)C(=O)C4(Cl)C3c3cc(Br)ccc3O)C2C(=O)N1c1ccc(N2CCOCC2)cc1. The number of halogens is 4. The average Bonchev–Trinajstić information content (AvgIpc) is 3.44. The molecule has 1 N–H and O–H groups in total. The molecule has 3 heterocycles. The molecule has 13 heteroatoms. The Morgan fingerprint density at radius 3 is 2.14 bits per heavy atom. The van der Waals surface area contributed by atoms with Crippen molar-refractivity contribution in [2.75, 3.05) is 41.0 Å². The smallest absolute Gasteiger partial charge is 0.258 e. The topological polar surface area (TPSA) is 107 Å². The van der Waals surface area contributed by atoms with Gasteiger partial charge in [-0.3, -0.25) is 24.1 Å². The highest BCUT2D eigenvalue weighted by Gasteiger charge is 2.77. The molecule has 0 aromatic heterocycles. The van der Waals surface area contributed by atoms with Gasteiger partial charge >= 0.3 is 0 Å². The Labute approximate surface area is 299 Å². The zero-order valence-corrected chi connectivity index (χ0v) is 28.9. The Kier molecular flexibility index (Phi) is 7.71. The van der Waals surface area contributed by atoms with Gasteiger partial charge in [0.1, 0.15) is 11.6 Å². The number of nitrogens with zero attached hydrogens (tertiary/aromatic N) is 3. The number of phenols is 1. The number of amides is 4. The van der Waals surface area contributed by atoms with E-state index in [-0.39, 0.29) is 35.7 Å². The highest BCUT2D eigenvalue weighted by atomic mass is 79.9. The van der Waals surface area contributed by atoms with Crippen molar-refractivity contribution in [3.63, 3.8) is 0 Å². The average molecular weight is 769 g/mol. The standard InChI is InChI=1S/C36H29BrCl2FN3O6/c37-19-1-12-28(44)26(17-19)30-24-10-11-25-29(32(46)42(31(25)45)22-8-6-21(7-9-22)41-13-15-49-16-14-41)27(24)18-35(38)33(47)43(34(48)36(30,35)39)23-4-2-20(40)3-5-23/h1-10,12,17,25,27,29-30,44H,11,13-16,18H2. The van der Waals surface area contributed by atoms with E-state index in [4.69, 9.17) is 27.9 Å². The molecule has 3 aromatic rings. The first-order chi connectivity index (χ1) is 23.5. The second kappa shape index (κ2) is 11.7. The molecule has 1 saturated carbocycles. The number of hydrogen-bond donors (Lipinski definition) is 1. The predicted molar refractivity (Wildman–Crippen MR) is 184 cm³/mol. The van der Waals surface area contributed by atoms with Crippen LogP contribution in [0.4, 0.5) is 21.5 Å². The second-order valence-electron chi connectivity index (χ2n) is 13.1. The predicted octanol–water partition coefficient (Wildman–Crippen LogP) is 5.90. The minimum absolute atomic E-state index is 0.0803. The van der Waals surface area contributed by atoms with E-state index in [2.05, 4.69) is 20.8 Å². The summed E-state index contributed by atoms with van der Waals surface area (Å²) in [4.78, 5) is 57.3. The van der Waals surface area contributed by atoms with Crippen molar-refractivity contribution >= 4 is 79.8 Å². The number of carbonyl (C=O) groups excluding carboxylic acids is 4. The van der Waals surface area contributed by atoms with Crippen LogP contribution in [0.15, 0.2) is 82.9 Å². The molecule has 5 aliphatic rings. The van der Waals surface area contributed by atoms with E-state index < -0.39 is 57.0 Å². The molecule has 252 valence electrons. The summed E-state index contributed by atoms with van der Waals surface area (Å²) in [7, 11) is 0. The van der Waals surface area contributed by atoms with Crippen molar-refractivity contribution < 1.29 is 33.4 Å². The third kappa shape index (κ3) is 4.65. The summed E-state index contributed by atoms with van der Waals surface area (Å²) >= 11 is 18.2. The van der Waals surface area contributed by atoms with Crippen LogP contribution in [0.5, 0.6) is 5.75 Å². The number of hydrogen-bond acceptors (Lipinski definition) is 7. The second-order valence-corrected chi connectivity index (χ2v) is 15.2. The molecule has 3 aliphatic heterocycles. The first-order valence-electron chi connectivity index (χ1n) is 16.0. The molecule has 6 unspecified atom stereocenters. The number of phenolic OH excluding ortho intramolecular Hbond substituents is 1. The van der Waals surface area contributed by atoms with Gasteiger partial charge in [0.25, 0.3) is 11.8 Å². The van der Waals surface area contributed by atoms with Crippen molar-refractivity contribution in [3.05, 3.63) is 94.2 Å². The number of benzene rings is 3. The molecule has 3 saturated heterocycles. The lowest BCUT2D eigenvalue weighted by Gasteiger charge is -2.50. The summed E-state index contributed by atoms with van der Waals surface area (Å²) in [5.41, 5.74) is 2.25. The van der Waals surface area contributed by atoms with Gasteiger partial charge in [-0.2, -0.15) is 0 Å². The molecule has 6 atom stereocenters. The Hall–Kier alpha value is -3.77. The molecule has 49 heavy (non-hydrogen) atoms. The molecule has 2 aliphatic carbocycles. The van der Waals surface area contributed by atoms with Crippen molar-refractivity contribution in [1.82, 2.24) is 0 Å². The summed E-state index contributed by atoms with van der Waals surface area (Å²) in [6, 6.07) is 16.7. The summed E-state index contributed by atoms with van der Waals surface area (Å²) in [6.07, 6.45) is 1.77. The molecule has 8 rings (SSSR count). The van der Waals surface area contributed by atoms with Crippen LogP contribution in [0.2, 0.25) is 0 Å². The minimum Gasteiger partial charge on any atom is -0.508 e. The number of anilines is 3. The first kappa shape index (κ1) is 32.4. The van der Waals surface area contributed by atoms with Gasteiger partial charge in [0.15, 0.2) is 9.75 Å². The van der Waals surface area contributed by atoms with Gasteiger partial charge in [0, 0.05) is 34.7 Å². The Morgan fingerprint density at radius 2 is 1.45 bits per heavy atom. The third-order valence-corrected chi connectivity index (χ3v) is 12.6. The zero-order chi connectivity index (χ0) is 34.4. The van der Waals surface area contributed by atoms with Crippen LogP contribution in [-0.2, 0) is 23.9 Å². The van der Waals surface area contributed by atoms with Crippen LogP contribution in [0.25, 0.3) is 0 Å². The molecular weight excluding hydrogens is 740 g/mol. The van der Waals surface area contributed by atoms with Crippen LogP contribution in [0.3, 0.4) is 0 Å². The fourth-order valence-electron chi connectivity index (χ4n) is 8.39. The van der Waals surface area contributed by atoms with E-state index in [1.54, 1.807) is 24.3 Å². The number of carbonyl (C=O) groups is 4. The van der Waals surface area contributed by atoms with E-state index in [1.807, 2.05) is 18.2 Å². The third-order valence-electron chi connectivity index (χ3n) is 10.7. The Bertz CT molecular complexity index is 1950. The number of allylic oxidation sites excluding steroid dienone is 2. The zero-order valence-electron chi connectivity index (χ0n) is 25.8. The van der Waals surface area contributed by atoms with Crippen molar-refractivity contribution in [2.45, 2.75) is 28.5 Å².